The SMILES string of the molecule is CN1CCN(c2ccc(NC(=O)c3ccccc3[N+](=O)[O-])cn2)CC1. The second kappa shape index (κ2) is 7.27. The van der Waals surface area contributed by atoms with Crippen LogP contribution in [0.5, 0.6) is 0 Å². The number of piperazine rings is 1. The molecule has 1 fully saturated rings. The highest BCUT2D eigenvalue weighted by molar-refractivity contribution is 6.06. The monoisotopic (exact) mass is 341 g/mol. The van der Waals surface area contributed by atoms with Gasteiger partial charge in [-0.15, -0.1) is 0 Å². The first kappa shape index (κ1) is 16.8. The number of nitrogens with one attached hydrogen (secondary N) is 1. The summed E-state index contributed by atoms with van der Waals surface area (Å²) in [7, 11) is 2.09. The molecule has 25 heavy (non-hydrogen) atoms. The largest absolute Gasteiger partial charge is 0.354 e. The fourth-order valence-electron chi connectivity index (χ4n) is 2.71. The molecule has 0 saturated carbocycles. The number of hydrogen-bond donors (Lipinski definition) is 1. The van der Waals surface area contributed by atoms with Crippen LogP contribution in [0, 0.1) is 10.1 Å². The van der Waals surface area contributed by atoms with Crippen LogP contribution < -0.4 is 10.2 Å². The number of nitro groups is 1. The minimum atomic E-state index is -0.566. The van der Waals surface area contributed by atoms with Gasteiger partial charge in [0.15, 0.2) is 0 Å². The molecule has 0 radical (unpaired) electrons. The van der Waals surface area contributed by atoms with E-state index in [0.29, 0.717) is 5.69 Å². The van der Waals surface area contributed by atoms with Gasteiger partial charge in [-0.1, -0.05) is 12.1 Å². The van der Waals surface area contributed by atoms with Gasteiger partial charge in [-0.25, -0.2) is 4.98 Å². The van der Waals surface area contributed by atoms with Crippen molar-refractivity contribution < 1.29 is 9.72 Å². The number of carbonyl (C=O) groups is 1. The van der Waals surface area contributed by atoms with Gasteiger partial charge in [0.2, 0.25) is 0 Å². The molecule has 1 aliphatic rings. The normalized spacial score (nSPS) is 15.0. The third-order valence-electron chi connectivity index (χ3n) is 4.18. The Morgan fingerprint density at radius 2 is 1.88 bits per heavy atom. The van der Waals surface area contributed by atoms with E-state index in [9.17, 15) is 14.9 Å². The van der Waals surface area contributed by atoms with Crippen LogP contribution in [0.3, 0.4) is 0 Å². The van der Waals surface area contributed by atoms with Crippen LogP contribution in [0.15, 0.2) is 42.6 Å². The number of aromatic nitrogens is 1. The van der Waals surface area contributed by atoms with Crippen molar-refractivity contribution in [3.05, 3.63) is 58.3 Å². The highest BCUT2D eigenvalue weighted by atomic mass is 16.6. The molecule has 3 rings (SSSR count). The zero-order valence-electron chi connectivity index (χ0n) is 13.9. The number of rotatable bonds is 4. The Bertz CT molecular complexity index is 770. The van der Waals surface area contributed by atoms with Gasteiger partial charge in [0.1, 0.15) is 11.4 Å². The molecule has 1 saturated heterocycles. The van der Waals surface area contributed by atoms with Gasteiger partial charge in [-0.2, -0.15) is 0 Å². The van der Waals surface area contributed by atoms with Crippen LogP contribution in [0.4, 0.5) is 17.2 Å². The highest BCUT2D eigenvalue weighted by Crippen LogP contribution is 2.20. The molecule has 2 heterocycles. The van der Waals surface area contributed by atoms with Gasteiger partial charge in [-0.05, 0) is 25.2 Å². The van der Waals surface area contributed by atoms with Gasteiger partial charge < -0.3 is 15.1 Å². The molecule has 130 valence electrons. The molecule has 1 N–H and O–H groups in total. The highest BCUT2D eigenvalue weighted by Gasteiger charge is 2.19. The molecule has 2 aromatic rings. The summed E-state index contributed by atoms with van der Waals surface area (Å²) in [4.78, 5) is 31.6. The summed E-state index contributed by atoms with van der Waals surface area (Å²) < 4.78 is 0. The van der Waals surface area contributed by atoms with E-state index in [-0.39, 0.29) is 11.3 Å². The van der Waals surface area contributed by atoms with E-state index in [4.69, 9.17) is 0 Å². The Kier molecular flexibility index (Phi) is 4.90. The second-order valence-corrected chi connectivity index (χ2v) is 5.92. The fraction of sp³-hybridized carbons (Fsp3) is 0.294. The van der Waals surface area contributed by atoms with E-state index < -0.39 is 10.8 Å². The number of nitro benzene ring substituents is 1. The molecule has 8 nitrogen and oxygen atoms in total. The fourth-order valence-corrected chi connectivity index (χ4v) is 2.71. The lowest BCUT2D eigenvalue weighted by Crippen LogP contribution is -2.44. The van der Waals surface area contributed by atoms with E-state index in [1.54, 1.807) is 18.3 Å². The number of pyridine rings is 1. The van der Waals surface area contributed by atoms with Crippen molar-refractivity contribution in [3.63, 3.8) is 0 Å². The molecule has 1 amide bonds. The van der Waals surface area contributed by atoms with Crippen molar-refractivity contribution in [3.8, 4) is 0 Å². The number of amides is 1. The van der Waals surface area contributed by atoms with Gasteiger partial charge in [0.25, 0.3) is 11.6 Å². The number of hydrogen-bond acceptors (Lipinski definition) is 6. The smallest absolute Gasteiger partial charge is 0.282 e. The molecule has 0 unspecified atom stereocenters. The van der Waals surface area contributed by atoms with E-state index in [1.165, 1.54) is 18.2 Å². The molecular formula is C17H19N5O3. The van der Waals surface area contributed by atoms with Gasteiger partial charge in [0.05, 0.1) is 16.8 Å². The molecule has 0 aliphatic carbocycles. The number of nitrogens with zero attached hydrogens (tertiary/aromatic N) is 4. The van der Waals surface area contributed by atoms with Crippen molar-refractivity contribution >= 4 is 23.1 Å². The van der Waals surface area contributed by atoms with Crippen LogP contribution >= 0.6 is 0 Å². The van der Waals surface area contributed by atoms with Crippen molar-refractivity contribution in [2.45, 2.75) is 0 Å². The summed E-state index contributed by atoms with van der Waals surface area (Å²) in [6.07, 6.45) is 1.57. The van der Waals surface area contributed by atoms with Gasteiger partial charge in [0, 0.05) is 32.2 Å². The van der Waals surface area contributed by atoms with Crippen LogP contribution in [0.2, 0.25) is 0 Å². The topological polar surface area (TPSA) is 91.6 Å². The zero-order valence-corrected chi connectivity index (χ0v) is 13.9. The molecule has 0 spiro atoms. The summed E-state index contributed by atoms with van der Waals surface area (Å²) in [5.74, 6) is 0.332. The zero-order chi connectivity index (χ0) is 17.8. The first-order valence-electron chi connectivity index (χ1n) is 7.99. The summed E-state index contributed by atoms with van der Waals surface area (Å²) in [6.45, 7) is 3.78. The average molecular weight is 341 g/mol. The van der Waals surface area contributed by atoms with E-state index >= 15 is 0 Å². The van der Waals surface area contributed by atoms with Gasteiger partial charge in [-0.3, -0.25) is 14.9 Å². The lowest BCUT2D eigenvalue weighted by molar-refractivity contribution is -0.385. The minimum absolute atomic E-state index is 0.0237. The van der Waals surface area contributed by atoms with E-state index in [0.717, 1.165) is 32.0 Å². The number of para-hydroxylation sites is 1. The van der Waals surface area contributed by atoms with Gasteiger partial charge >= 0.3 is 0 Å². The van der Waals surface area contributed by atoms with Crippen molar-refractivity contribution in [2.75, 3.05) is 43.4 Å². The number of likely N-dealkylation sites (N-methyl/N-ethyl adjacent to an activating group) is 1. The minimum Gasteiger partial charge on any atom is -0.354 e. The Morgan fingerprint density at radius 3 is 2.52 bits per heavy atom. The lowest BCUT2D eigenvalue weighted by Gasteiger charge is -2.33. The Balaban J connectivity index is 1.69. The van der Waals surface area contributed by atoms with Crippen molar-refractivity contribution in [1.82, 2.24) is 9.88 Å². The number of benzene rings is 1. The van der Waals surface area contributed by atoms with Crippen molar-refractivity contribution in [2.24, 2.45) is 0 Å². The van der Waals surface area contributed by atoms with Crippen LogP contribution in [0.1, 0.15) is 10.4 Å². The Labute approximate surface area is 145 Å². The predicted octanol–water partition coefficient (Wildman–Crippen LogP) is 1.99. The third kappa shape index (κ3) is 3.92. The standard InChI is InChI=1S/C17H19N5O3/c1-20-8-10-21(11-9-20)16-7-6-13(12-18-16)19-17(23)14-4-2-3-5-15(14)22(24)25/h2-7,12H,8-11H2,1H3,(H,19,23). The maximum Gasteiger partial charge on any atom is 0.282 e. The molecule has 1 aromatic heterocycles. The summed E-state index contributed by atoms with van der Waals surface area (Å²) in [6, 6.07) is 9.47. The van der Waals surface area contributed by atoms with E-state index in [2.05, 4.69) is 27.1 Å². The average Bonchev–Trinajstić information content (AvgIpc) is 2.63. The van der Waals surface area contributed by atoms with Crippen molar-refractivity contribution in [1.29, 1.82) is 0 Å². The lowest BCUT2D eigenvalue weighted by atomic mass is 10.1. The van der Waals surface area contributed by atoms with Crippen LogP contribution in [-0.2, 0) is 0 Å². The molecule has 1 aliphatic heterocycles. The second-order valence-electron chi connectivity index (χ2n) is 5.92. The molecule has 0 atom stereocenters. The summed E-state index contributed by atoms with van der Waals surface area (Å²) in [5.41, 5.74) is 0.304. The maximum absolute atomic E-state index is 12.3. The molecule has 1 aromatic carbocycles. The van der Waals surface area contributed by atoms with E-state index in [1.807, 2.05) is 6.07 Å². The summed E-state index contributed by atoms with van der Waals surface area (Å²) in [5, 5.41) is 13.7. The molecular weight excluding hydrogens is 322 g/mol. The quantitative estimate of drug-likeness (QED) is 0.675. The molecule has 0 bridgehead atoms. The maximum atomic E-state index is 12.3. The summed E-state index contributed by atoms with van der Waals surface area (Å²) >= 11 is 0. The number of anilines is 2. The Morgan fingerprint density at radius 1 is 1.16 bits per heavy atom. The predicted molar refractivity (Wildman–Crippen MR) is 95.0 cm³/mol. The van der Waals surface area contributed by atoms with Crippen LogP contribution in [-0.4, -0.2) is 53.9 Å². The van der Waals surface area contributed by atoms with Crippen LogP contribution in [0.25, 0.3) is 0 Å². The third-order valence-corrected chi connectivity index (χ3v) is 4.18. The Hall–Kier alpha value is -3.00. The molecule has 8 heteroatoms. The number of carbonyl (C=O) groups excluding carboxylic acids is 1. The first-order chi connectivity index (χ1) is 12.0. The first-order valence-corrected chi connectivity index (χ1v) is 7.99.